The lowest BCUT2D eigenvalue weighted by molar-refractivity contribution is -0.120. The molecule has 0 aliphatic heterocycles. The summed E-state index contributed by atoms with van der Waals surface area (Å²) < 4.78 is 0. The van der Waals surface area contributed by atoms with Gasteiger partial charge in [-0.05, 0) is 27.7 Å². The quantitative estimate of drug-likeness (QED) is 0.576. The van der Waals surface area contributed by atoms with E-state index < -0.39 is 6.10 Å². The predicted molar refractivity (Wildman–Crippen MR) is 52.4 cm³/mol. The summed E-state index contributed by atoms with van der Waals surface area (Å²) in [4.78, 5) is 11.1. The Kier molecular flexibility index (Phi) is 4.95. The third-order valence-corrected chi connectivity index (χ3v) is 1.37. The first kappa shape index (κ1) is 12.4. The smallest absolute Gasteiger partial charge is 0.234 e. The summed E-state index contributed by atoms with van der Waals surface area (Å²) in [6.45, 7) is 8.22. The Labute approximate surface area is 79.7 Å². The molecule has 0 radical (unpaired) electrons. The van der Waals surface area contributed by atoms with E-state index in [-0.39, 0.29) is 18.0 Å². The van der Waals surface area contributed by atoms with Crippen LogP contribution in [0.1, 0.15) is 27.7 Å². The molecule has 0 aromatic rings. The van der Waals surface area contributed by atoms with Crippen molar-refractivity contribution in [1.29, 1.82) is 0 Å². The number of hydrogen-bond donors (Lipinski definition) is 3. The molecule has 0 heterocycles. The fraction of sp³-hybridized carbons (Fsp3) is 0.889. The molecule has 1 amide bonds. The number of aliphatic hydroxyl groups excluding tert-OH is 1. The maximum Gasteiger partial charge on any atom is 0.234 e. The summed E-state index contributed by atoms with van der Waals surface area (Å²) in [7, 11) is 0. The summed E-state index contributed by atoms with van der Waals surface area (Å²) in [5, 5.41) is 14.5. The molecule has 0 rings (SSSR count). The largest absolute Gasteiger partial charge is 0.392 e. The van der Waals surface area contributed by atoms with Crippen molar-refractivity contribution in [3.05, 3.63) is 0 Å². The Balaban J connectivity index is 3.53. The van der Waals surface area contributed by atoms with E-state index >= 15 is 0 Å². The van der Waals surface area contributed by atoms with E-state index in [1.54, 1.807) is 6.92 Å². The van der Waals surface area contributed by atoms with Gasteiger partial charge in [0.25, 0.3) is 0 Å². The van der Waals surface area contributed by atoms with E-state index in [2.05, 4.69) is 10.6 Å². The molecule has 4 nitrogen and oxygen atoms in total. The number of hydrogen-bond acceptors (Lipinski definition) is 3. The molecule has 0 fully saturated rings. The van der Waals surface area contributed by atoms with Crippen LogP contribution in [-0.2, 0) is 4.79 Å². The molecule has 0 spiro atoms. The van der Waals surface area contributed by atoms with Gasteiger partial charge in [-0.3, -0.25) is 4.79 Å². The second kappa shape index (κ2) is 5.19. The maximum absolute atomic E-state index is 11.1. The van der Waals surface area contributed by atoms with E-state index in [1.807, 2.05) is 20.8 Å². The van der Waals surface area contributed by atoms with Gasteiger partial charge in [0.1, 0.15) is 0 Å². The Morgan fingerprint density at radius 2 is 2.00 bits per heavy atom. The Morgan fingerprint density at radius 3 is 2.38 bits per heavy atom. The average molecular weight is 188 g/mol. The minimum atomic E-state index is -0.487. The van der Waals surface area contributed by atoms with E-state index in [0.29, 0.717) is 6.54 Å². The van der Waals surface area contributed by atoms with Gasteiger partial charge in [-0.15, -0.1) is 0 Å². The molecule has 3 N–H and O–H groups in total. The fourth-order valence-corrected chi connectivity index (χ4v) is 0.669. The number of rotatable bonds is 4. The molecule has 0 aromatic heterocycles. The summed E-state index contributed by atoms with van der Waals surface area (Å²) >= 11 is 0. The minimum Gasteiger partial charge on any atom is -0.392 e. The standard InChI is InChI=1S/C9H20N2O2/c1-7(12)5-10-8(13)6-11-9(2,3)4/h7,11-12H,5-6H2,1-4H3,(H,10,13)/t7-/m1/s1. The molecular weight excluding hydrogens is 168 g/mol. The van der Waals surface area contributed by atoms with Crippen molar-refractivity contribution < 1.29 is 9.90 Å². The van der Waals surface area contributed by atoms with Crippen molar-refractivity contribution in [2.45, 2.75) is 39.3 Å². The minimum absolute atomic E-state index is 0.0534. The predicted octanol–water partition coefficient (Wildman–Crippen LogP) is -0.128. The van der Waals surface area contributed by atoms with Gasteiger partial charge in [0.2, 0.25) is 5.91 Å². The highest BCUT2D eigenvalue weighted by Crippen LogP contribution is 1.96. The number of nitrogens with one attached hydrogen (secondary N) is 2. The average Bonchev–Trinajstić information content (AvgIpc) is 1.95. The van der Waals surface area contributed by atoms with Crippen LogP contribution in [0.4, 0.5) is 0 Å². The molecule has 1 atom stereocenters. The van der Waals surface area contributed by atoms with Crippen LogP contribution in [0.25, 0.3) is 0 Å². The van der Waals surface area contributed by atoms with Crippen LogP contribution in [0.3, 0.4) is 0 Å². The number of carbonyl (C=O) groups is 1. The molecule has 0 aromatic carbocycles. The molecule has 0 aliphatic rings. The van der Waals surface area contributed by atoms with E-state index in [9.17, 15) is 4.79 Å². The highest BCUT2D eigenvalue weighted by atomic mass is 16.3. The van der Waals surface area contributed by atoms with Crippen molar-refractivity contribution in [2.75, 3.05) is 13.1 Å². The van der Waals surface area contributed by atoms with Crippen LogP contribution in [0.2, 0.25) is 0 Å². The Bertz CT molecular complexity index is 161. The van der Waals surface area contributed by atoms with Crippen molar-refractivity contribution in [1.82, 2.24) is 10.6 Å². The van der Waals surface area contributed by atoms with Crippen molar-refractivity contribution >= 4 is 5.91 Å². The van der Waals surface area contributed by atoms with Crippen LogP contribution in [0.5, 0.6) is 0 Å². The first-order valence-corrected chi connectivity index (χ1v) is 4.51. The monoisotopic (exact) mass is 188 g/mol. The van der Waals surface area contributed by atoms with Crippen LogP contribution in [0, 0.1) is 0 Å². The van der Waals surface area contributed by atoms with Gasteiger partial charge in [0.05, 0.1) is 12.6 Å². The van der Waals surface area contributed by atoms with Crippen molar-refractivity contribution in [2.24, 2.45) is 0 Å². The number of aliphatic hydroxyl groups is 1. The van der Waals surface area contributed by atoms with Gasteiger partial charge in [0.15, 0.2) is 0 Å². The topological polar surface area (TPSA) is 61.4 Å². The van der Waals surface area contributed by atoms with Crippen LogP contribution in [-0.4, -0.2) is 35.7 Å². The van der Waals surface area contributed by atoms with E-state index in [0.717, 1.165) is 0 Å². The Hall–Kier alpha value is -0.610. The second-order valence-electron chi connectivity index (χ2n) is 4.26. The highest BCUT2D eigenvalue weighted by molar-refractivity contribution is 5.78. The summed E-state index contributed by atoms with van der Waals surface area (Å²) in [5.41, 5.74) is -0.0534. The van der Waals surface area contributed by atoms with Gasteiger partial charge in [-0.1, -0.05) is 0 Å². The maximum atomic E-state index is 11.1. The lowest BCUT2D eigenvalue weighted by Gasteiger charge is -2.20. The zero-order valence-electron chi connectivity index (χ0n) is 8.85. The van der Waals surface area contributed by atoms with Gasteiger partial charge >= 0.3 is 0 Å². The highest BCUT2D eigenvalue weighted by Gasteiger charge is 2.10. The molecule has 0 saturated heterocycles. The normalized spacial score (nSPS) is 13.9. The molecule has 78 valence electrons. The van der Waals surface area contributed by atoms with Crippen molar-refractivity contribution in [3.63, 3.8) is 0 Å². The lowest BCUT2D eigenvalue weighted by atomic mass is 10.1. The summed E-state index contributed by atoms with van der Waals surface area (Å²) in [6, 6.07) is 0. The molecule has 4 heteroatoms. The van der Waals surface area contributed by atoms with E-state index in [4.69, 9.17) is 5.11 Å². The zero-order chi connectivity index (χ0) is 10.5. The van der Waals surface area contributed by atoms with Gasteiger partial charge in [-0.2, -0.15) is 0 Å². The van der Waals surface area contributed by atoms with Crippen LogP contribution < -0.4 is 10.6 Å². The van der Waals surface area contributed by atoms with Crippen LogP contribution in [0.15, 0.2) is 0 Å². The molecule has 0 unspecified atom stereocenters. The SMILES string of the molecule is C[C@@H](O)CNC(=O)CNC(C)(C)C. The van der Waals surface area contributed by atoms with Crippen molar-refractivity contribution in [3.8, 4) is 0 Å². The number of carbonyl (C=O) groups excluding carboxylic acids is 1. The molecule has 0 bridgehead atoms. The molecular formula is C9H20N2O2. The van der Waals surface area contributed by atoms with Gasteiger partial charge in [0, 0.05) is 12.1 Å². The second-order valence-corrected chi connectivity index (χ2v) is 4.26. The third kappa shape index (κ3) is 9.30. The van der Waals surface area contributed by atoms with E-state index in [1.165, 1.54) is 0 Å². The molecule has 0 saturated carbocycles. The van der Waals surface area contributed by atoms with Gasteiger partial charge < -0.3 is 15.7 Å². The molecule has 0 aliphatic carbocycles. The first-order valence-electron chi connectivity index (χ1n) is 4.51. The Morgan fingerprint density at radius 1 is 1.46 bits per heavy atom. The first-order chi connectivity index (χ1) is 5.81. The summed E-state index contributed by atoms with van der Waals surface area (Å²) in [6.07, 6.45) is -0.487. The number of amides is 1. The fourth-order valence-electron chi connectivity index (χ4n) is 0.669. The molecule has 13 heavy (non-hydrogen) atoms. The lowest BCUT2D eigenvalue weighted by Crippen LogP contribution is -2.44. The zero-order valence-corrected chi connectivity index (χ0v) is 8.85. The summed E-state index contributed by atoms with van der Waals surface area (Å²) in [5.74, 6) is -0.0872. The van der Waals surface area contributed by atoms with Crippen LogP contribution >= 0.6 is 0 Å². The third-order valence-electron chi connectivity index (χ3n) is 1.37. The van der Waals surface area contributed by atoms with Gasteiger partial charge in [-0.25, -0.2) is 0 Å².